The molecule has 0 amide bonds. The third-order valence-corrected chi connectivity index (χ3v) is 3.58. The van der Waals surface area contributed by atoms with Crippen molar-refractivity contribution >= 4 is 0 Å². The first-order chi connectivity index (χ1) is 7.00. The fourth-order valence-electron chi connectivity index (χ4n) is 2.62. The van der Waals surface area contributed by atoms with Gasteiger partial charge in [-0.15, -0.1) is 0 Å². The van der Waals surface area contributed by atoms with Crippen molar-refractivity contribution in [1.29, 1.82) is 0 Å². The van der Waals surface area contributed by atoms with Gasteiger partial charge in [-0.25, -0.2) is 0 Å². The van der Waals surface area contributed by atoms with Crippen molar-refractivity contribution in [2.45, 2.75) is 38.3 Å². The van der Waals surface area contributed by atoms with E-state index in [2.05, 4.69) is 37.9 Å². The van der Waals surface area contributed by atoms with Crippen molar-refractivity contribution in [3.05, 3.63) is 0 Å². The average molecular weight is 213 g/mol. The number of piperidine rings is 1. The molecule has 3 nitrogen and oxygen atoms in total. The summed E-state index contributed by atoms with van der Waals surface area (Å²) >= 11 is 0. The van der Waals surface area contributed by atoms with Gasteiger partial charge in [0.2, 0.25) is 0 Å². The molecule has 2 unspecified atom stereocenters. The van der Waals surface area contributed by atoms with Crippen LogP contribution in [0.15, 0.2) is 0 Å². The summed E-state index contributed by atoms with van der Waals surface area (Å²) < 4.78 is 0. The van der Waals surface area contributed by atoms with Crippen LogP contribution >= 0.6 is 0 Å². The quantitative estimate of drug-likeness (QED) is 0.756. The fraction of sp³-hybridized carbons (Fsp3) is 1.00. The fourth-order valence-corrected chi connectivity index (χ4v) is 2.62. The van der Waals surface area contributed by atoms with Gasteiger partial charge in [-0.3, -0.25) is 0 Å². The second kappa shape index (κ2) is 5.83. The van der Waals surface area contributed by atoms with Crippen LogP contribution in [0.3, 0.4) is 0 Å². The molecule has 1 aliphatic heterocycles. The van der Waals surface area contributed by atoms with Gasteiger partial charge in [-0.2, -0.15) is 0 Å². The highest BCUT2D eigenvalue weighted by Crippen LogP contribution is 2.24. The molecule has 1 saturated heterocycles. The first kappa shape index (κ1) is 12.9. The van der Waals surface area contributed by atoms with Gasteiger partial charge in [-0.05, 0) is 66.3 Å². The van der Waals surface area contributed by atoms with Gasteiger partial charge < -0.3 is 15.5 Å². The van der Waals surface area contributed by atoms with Crippen LogP contribution in [0.25, 0.3) is 0 Å². The first-order valence-corrected chi connectivity index (χ1v) is 6.11. The summed E-state index contributed by atoms with van der Waals surface area (Å²) in [5.74, 6) is 0.835. The minimum absolute atomic E-state index is 0.317. The van der Waals surface area contributed by atoms with E-state index >= 15 is 0 Å². The summed E-state index contributed by atoms with van der Waals surface area (Å²) in [4.78, 5) is 4.79. The van der Waals surface area contributed by atoms with Crippen molar-refractivity contribution in [2.75, 3.05) is 34.2 Å². The molecular weight excluding hydrogens is 186 g/mol. The molecule has 0 aliphatic carbocycles. The molecule has 90 valence electrons. The maximum absolute atomic E-state index is 5.93. The van der Waals surface area contributed by atoms with Crippen LogP contribution in [0.2, 0.25) is 0 Å². The lowest BCUT2D eigenvalue weighted by Crippen LogP contribution is -2.44. The third kappa shape index (κ3) is 4.09. The Morgan fingerprint density at radius 1 is 1.33 bits per heavy atom. The maximum atomic E-state index is 5.93. The van der Waals surface area contributed by atoms with Crippen molar-refractivity contribution in [3.63, 3.8) is 0 Å². The highest BCUT2D eigenvalue weighted by Gasteiger charge is 2.27. The van der Waals surface area contributed by atoms with E-state index in [4.69, 9.17) is 5.73 Å². The largest absolute Gasteiger partial charge is 0.328 e. The predicted molar refractivity (Wildman–Crippen MR) is 66.0 cm³/mol. The molecule has 0 spiro atoms. The number of nitrogens with two attached hydrogens (primary N) is 1. The van der Waals surface area contributed by atoms with Crippen LogP contribution in [-0.4, -0.2) is 56.1 Å². The van der Waals surface area contributed by atoms with E-state index in [9.17, 15) is 0 Å². The summed E-state index contributed by atoms with van der Waals surface area (Å²) in [6.45, 7) is 4.60. The Hall–Kier alpha value is -0.120. The molecular formula is C12H27N3. The minimum atomic E-state index is 0.317. The zero-order chi connectivity index (χ0) is 11.4. The molecule has 3 heteroatoms. The number of likely N-dealkylation sites (tertiary alicyclic amines) is 1. The van der Waals surface area contributed by atoms with E-state index in [-0.39, 0.29) is 0 Å². The van der Waals surface area contributed by atoms with Crippen LogP contribution in [0.4, 0.5) is 0 Å². The summed E-state index contributed by atoms with van der Waals surface area (Å²) in [5.41, 5.74) is 5.93. The highest BCUT2D eigenvalue weighted by molar-refractivity contribution is 4.83. The van der Waals surface area contributed by atoms with E-state index in [0.29, 0.717) is 12.1 Å². The third-order valence-electron chi connectivity index (χ3n) is 3.58. The average Bonchev–Trinajstić information content (AvgIpc) is 2.15. The summed E-state index contributed by atoms with van der Waals surface area (Å²) in [5, 5.41) is 0. The first-order valence-electron chi connectivity index (χ1n) is 6.11. The molecule has 0 aromatic rings. The molecule has 0 saturated carbocycles. The number of hydrogen-bond donors (Lipinski definition) is 1. The Labute approximate surface area is 94.6 Å². The second-order valence-corrected chi connectivity index (χ2v) is 5.38. The van der Waals surface area contributed by atoms with Gasteiger partial charge in [0.1, 0.15) is 0 Å². The summed E-state index contributed by atoms with van der Waals surface area (Å²) in [7, 11) is 6.59. The standard InChI is InChI=1S/C12H27N3/c1-10(13)9-12(14(2)3)11-5-7-15(4)8-6-11/h10-12H,5-9,13H2,1-4H3. The van der Waals surface area contributed by atoms with Crippen LogP contribution in [-0.2, 0) is 0 Å². The molecule has 15 heavy (non-hydrogen) atoms. The van der Waals surface area contributed by atoms with E-state index < -0.39 is 0 Å². The Kier molecular flexibility index (Phi) is 5.03. The predicted octanol–water partition coefficient (Wildman–Crippen LogP) is 0.996. The number of hydrogen-bond acceptors (Lipinski definition) is 3. The molecule has 0 aromatic heterocycles. The molecule has 2 N–H and O–H groups in total. The minimum Gasteiger partial charge on any atom is -0.328 e. The molecule has 1 heterocycles. The molecule has 2 atom stereocenters. The second-order valence-electron chi connectivity index (χ2n) is 5.38. The van der Waals surface area contributed by atoms with Crippen molar-refractivity contribution in [3.8, 4) is 0 Å². The van der Waals surface area contributed by atoms with E-state index in [1.54, 1.807) is 0 Å². The van der Waals surface area contributed by atoms with E-state index in [0.717, 1.165) is 12.3 Å². The van der Waals surface area contributed by atoms with Crippen LogP contribution in [0.5, 0.6) is 0 Å². The lowest BCUT2D eigenvalue weighted by atomic mass is 9.85. The monoisotopic (exact) mass is 213 g/mol. The van der Waals surface area contributed by atoms with Gasteiger partial charge in [0.05, 0.1) is 0 Å². The highest BCUT2D eigenvalue weighted by atomic mass is 15.1. The van der Waals surface area contributed by atoms with Crippen molar-refractivity contribution < 1.29 is 0 Å². The zero-order valence-electron chi connectivity index (χ0n) is 10.7. The van der Waals surface area contributed by atoms with E-state index in [1.165, 1.54) is 25.9 Å². The Balaban J connectivity index is 2.48. The zero-order valence-corrected chi connectivity index (χ0v) is 10.7. The van der Waals surface area contributed by atoms with Gasteiger partial charge in [0.15, 0.2) is 0 Å². The van der Waals surface area contributed by atoms with Crippen molar-refractivity contribution in [2.24, 2.45) is 11.7 Å². The number of nitrogens with zero attached hydrogens (tertiary/aromatic N) is 2. The normalized spacial score (nSPS) is 24.4. The van der Waals surface area contributed by atoms with Crippen LogP contribution in [0, 0.1) is 5.92 Å². The molecule has 0 bridgehead atoms. The topological polar surface area (TPSA) is 32.5 Å². The van der Waals surface area contributed by atoms with Gasteiger partial charge in [-0.1, -0.05) is 0 Å². The Morgan fingerprint density at radius 3 is 2.27 bits per heavy atom. The molecule has 0 aromatic carbocycles. The Bertz CT molecular complexity index is 172. The molecule has 1 fully saturated rings. The molecule has 0 radical (unpaired) electrons. The summed E-state index contributed by atoms with van der Waals surface area (Å²) in [6.07, 6.45) is 3.78. The molecule has 1 rings (SSSR count). The van der Waals surface area contributed by atoms with Gasteiger partial charge in [0, 0.05) is 12.1 Å². The lowest BCUT2D eigenvalue weighted by Gasteiger charge is -2.38. The lowest BCUT2D eigenvalue weighted by molar-refractivity contribution is 0.121. The van der Waals surface area contributed by atoms with Gasteiger partial charge >= 0.3 is 0 Å². The number of rotatable bonds is 4. The van der Waals surface area contributed by atoms with Crippen LogP contribution in [0.1, 0.15) is 26.2 Å². The smallest absolute Gasteiger partial charge is 0.0133 e. The Morgan fingerprint density at radius 2 is 1.87 bits per heavy atom. The SMILES string of the molecule is CC(N)CC(C1CCN(C)CC1)N(C)C. The van der Waals surface area contributed by atoms with Crippen molar-refractivity contribution in [1.82, 2.24) is 9.80 Å². The van der Waals surface area contributed by atoms with Gasteiger partial charge in [0.25, 0.3) is 0 Å². The van der Waals surface area contributed by atoms with E-state index in [1.807, 2.05) is 0 Å². The van der Waals surface area contributed by atoms with Crippen LogP contribution < -0.4 is 5.73 Å². The summed E-state index contributed by atoms with van der Waals surface area (Å²) in [6, 6.07) is 0.982. The maximum Gasteiger partial charge on any atom is 0.0133 e. The molecule has 1 aliphatic rings.